The van der Waals surface area contributed by atoms with Crippen molar-refractivity contribution in [2.75, 3.05) is 19.8 Å². The molecule has 17 heavy (non-hydrogen) atoms. The summed E-state index contributed by atoms with van der Waals surface area (Å²) in [7, 11) is 0. The van der Waals surface area contributed by atoms with E-state index < -0.39 is 29.3 Å². The molecule has 2 aliphatic rings. The smallest absolute Gasteiger partial charge is 0.342 e. The monoisotopic (exact) mass is 251 g/mol. The number of hydrogen-bond acceptors (Lipinski definition) is 4. The Hall–Kier alpha value is -1.15. The molecule has 5 nitrogen and oxygen atoms in total. The number of piperidine rings is 1. The molecule has 2 aliphatic heterocycles. The van der Waals surface area contributed by atoms with Crippen LogP contribution in [0.2, 0.25) is 0 Å². The highest BCUT2D eigenvalue weighted by Gasteiger charge is 2.58. The maximum absolute atomic E-state index is 12.5. The molecule has 96 valence electrons. The first-order valence-corrected chi connectivity index (χ1v) is 5.23. The fourth-order valence-corrected chi connectivity index (χ4v) is 2.40. The number of hydrogen-bond donors (Lipinski definition) is 3. The molecule has 2 heterocycles. The number of carbonyl (C=O) groups is 2. The van der Waals surface area contributed by atoms with Crippen LogP contribution in [0.25, 0.3) is 0 Å². The van der Waals surface area contributed by atoms with Crippen LogP contribution in [0.4, 0.5) is 13.2 Å². The van der Waals surface area contributed by atoms with Crippen LogP contribution in [0.1, 0.15) is 6.42 Å². The Balaban J connectivity index is 2.30. The molecule has 2 atom stereocenters. The van der Waals surface area contributed by atoms with Gasteiger partial charge in [0, 0.05) is 6.54 Å². The molecule has 0 aromatic heterocycles. The second-order valence-corrected chi connectivity index (χ2v) is 4.20. The third-order valence-corrected chi connectivity index (χ3v) is 3.29. The molecule has 0 aromatic rings. The molecule has 3 N–H and O–H groups in total. The molecule has 0 bridgehead atoms. The molecule has 2 rings (SSSR count). The molecular formula is C9H12F3N3O2. The third kappa shape index (κ3) is 1.91. The number of halogens is 3. The van der Waals surface area contributed by atoms with Crippen LogP contribution in [0.3, 0.4) is 0 Å². The van der Waals surface area contributed by atoms with E-state index in [0.29, 0.717) is 6.54 Å². The average molecular weight is 251 g/mol. The lowest BCUT2D eigenvalue weighted by Crippen LogP contribution is -2.64. The fraction of sp³-hybridized carbons (Fsp3) is 0.778. The summed E-state index contributed by atoms with van der Waals surface area (Å²) < 4.78 is 37.4. The van der Waals surface area contributed by atoms with Gasteiger partial charge in [0.15, 0.2) is 0 Å². The Bertz CT molecular complexity index is 358. The van der Waals surface area contributed by atoms with E-state index in [4.69, 9.17) is 0 Å². The molecule has 1 amide bonds. The maximum atomic E-state index is 12.5. The van der Waals surface area contributed by atoms with Crippen LogP contribution in [0.5, 0.6) is 0 Å². The Labute approximate surface area is 95.1 Å². The summed E-state index contributed by atoms with van der Waals surface area (Å²) >= 11 is 0. The van der Waals surface area contributed by atoms with E-state index in [1.807, 2.05) is 0 Å². The van der Waals surface area contributed by atoms with E-state index in [2.05, 4.69) is 16.0 Å². The minimum absolute atomic E-state index is 0.0977. The van der Waals surface area contributed by atoms with E-state index in [-0.39, 0.29) is 19.6 Å². The van der Waals surface area contributed by atoms with Gasteiger partial charge in [-0.15, -0.1) is 0 Å². The van der Waals surface area contributed by atoms with Crippen molar-refractivity contribution >= 4 is 11.7 Å². The van der Waals surface area contributed by atoms with Gasteiger partial charge in [0.2, 0.25) is 11.7 Å². The standard InChI is InChI=1S/C9H12F3N3O2/c10-9(11,12)6(16)5-3-13-2-1-8(5)7(17)14-4-15-8/h5,13,15H,1-4H2,(H,14,17). The Morgan fingerprint density at radius 3 is 2.65 bits per heavy atom. The lowest BCUT2D eigenvalue weighted by molar-refractivity contribution is -0.179. The second kappa shape index (κ2) is 3.95. The highest BCUT2D eigenvalue weighted by Crippen LogP contribution is 2.33. The molecular weight excluding hydrogens is 239 g/mol. The zero-order valence-electron chi connectivity index (χ0n) is 8.86. The van der Waals surface area contributed by atoms with Crippen molar-refractivity contribution in [1.29, 1.82) is 0 Å². The molecule has 8 heteroatoms. The number of carbonyl (C=O) groups excluding carboxylic acids is 2. The third-order valence-electron chi connectivity index (χ3n) is 3.29. The lowest BCUT2D eigenvalue weighted by Gasteiger charge is -2.38. The van der Waals surface area contributed by atoms with Crippen LogP contribution < -0.4 is 16.0 Å². The predicted molar refractivity (Wildman–Crippen MR) is 50.9 cm³/mol. The number of amides is 1. The van der Waals surface area contributed by atoms with Crippen molar-refractivity contribution in [2.24, 2.45) is 5.92 Å². The van der Waals surface area contributed by atoms with Crippen LogP contribution in [-0.4, -0.2) is 43.2 Å². The van der Waals surface area contributed by atoms with E-state index in [1.54, 1.807) is 0 Å². The summed E-state index contributed by atoms with van der Waals surface area (Å²) in [6.45, 7) is 0.362. The van der Waals surface area contributed by atoms with Gasteiger partial charge in [0.05, 0.1) is 12.6 Å². The second-order valence-electron chi connectivity index (χ2n) is 4.20. The minimum Gasteiger partial charge on any atom is -0.342 e. The zero-order chi connectivity index (χ0) is 12.7. The van der Waals surface area contributed by atoms with E-state index in [1.165, 1.54) is 0 Å². The highest BCUT2D eigenvalue weighted by atomic mass is 19.4. The first-order chi connectivity index (χ1) is 7.88. The van der Waals surface area contributed by atoms with Crippen LogP contribution >= 0.6 is 0 Å². The zero-order valence-corrected chi connectivity index (χ0v) is 8.86. The van der Waals surface area contributed by atoms with E-state index in [9.17, 15) is 22.8 Å². The lowest BCUT2D eigenvalue weighted by atomic mass is 9.76. The topological polar surface area (TPSA) is 70.2 Å². The molecule has 2 fully saturated rings. The fourth-order valence-electron chi connectivity index (χ4n) is 2.40. The first kappa shape index (κ1) is 12.3. The Morgan fingerprint density at radius 1 is 1.41 bits per heavy atom. The molecule has 1 spiro atoms. The molecule has 0 aliphatic carbocycles. The largest absolute Gasteiger partial charge is 0.450 e. The van der Waals surface area contributed by atoms with Gasteiger partial charge in [-0.3, -0.25) is 14.9 Å². The highest BCUT2D eigenvalue weighted by molar-refractivity contribution is 5.98. The summed E-state index contributed by atoms with van der Waals surface area (Å²) in [5.41, 5.74) is -1.40. The van der Waals surface area contributed by atoms with Gasteiger partial charge < -0.3 is 10.6 Å². The number of ketones is 1. The van der Waals surface area contributed by atoms with Gasteiger partial charge in [-0.25, -0.2) is 0 Å². The first-order valence-electron chi connectivity index (χ1n) is 5.23. The summed E-state index contributed by atoms with van der Waals surface area (Å²) in [6.07, 6.45) is -4.74. The van der Waals surface area contributed by atoms with E-state index >= 15 is 0 Å². The van der Waals surface area contributed by atoms with Crippen LogP contribution in [0, 0.1) is 5.92 Å². The van der Waals surface area contributed by atoms with Gasteiger partial charge in [0.1, 0.15) is 5.54 Å². The summed E-state index contributed by atoms with van der Waals surface area (Å²) in [5, 5.41) is 7.84. The van der Waals surface area contributed by atoms with Crippen molar-refractivity contribution in [2.45, 2.75) is 18.1 Å². The number of Topliss-reactive ketones (excluding diaryl/α,β-unsaturated/α-hetero) is 1. The van der Waals surface area contributed by atoms with Crippen LogP contribution in [0.15, 0.2) is 0 Å². The molecule has 2 unspecified atom stereocenters. The Kier molecular flexibility index (Phi) is 2.86. The molecule has 0 aromatic carbocycles. The average Bonchev–Trinajstić information content (AvgIpc) is 2.60. The van der Waals surface area contributed by atoms with Gasteiger partial charge >= 0.3 is 6.18 Å². The molecule has 0 saturated carbocycles. The number of alkyl halides is 3. The van der Waals surface area contributed by atoms with Crippen molar-refractivity contribution in [3.05, 3.63) is 0 Å². The van der Waals surface area contributed by atoms with Gasteiger partial charge in [-0.2, -0.15) is 13.2 Å². The van der Waals surface area contributed by atoms with Gasteiger partial charge in [-0.05, 0) is 13.0 Å². The minimum atomic E-state index is -4.92. The number of rotatable bonds is 1. The van der Waals surface area contributed by atoms with Crippen molar-refractivity contribution < 1.29 is 22.8 Å². The van der Waals surface area contributed by atoms with Gasteiger partial charge in [0.25, 0.3) is 0 Å². The molecule has 2 saturated heterocycles. The normalized spacial score (nSPS) is 33.8. The predicted octanol–water partition coefficient (Wildman–Crippen LogP) is -0.857. The summed E-state index contributed by atoms with van der Waals surface area (Å²) in [5.74, 6) is -3.78. The van der Waals surface area contributed by atoms with Crippen molar-refractivity contribution in [3.8, 4) is 0 Å². The summed E-state index contributed by atoms with van der Waals surface area (Å²) in [4.78, 5) is 23.0. The van der Waals surface area contributed by atoms with Crippen molar-refractivity contribution in [1.82, 2.24) is 16.0 Å². The SMILES string of the molecule is O=C(C1CNCCC12NCNC2=O)C(F)(F)F. The Morgan fingerprint density at radius 2 is 2.12 bits per heavy atom. The quantitative estimate of drug-likeness (QED) is 0.567. The molecule has 0 radical (unpaired) electrons. The van der Waals surface area contributed by atoms with Crippen LogP contribution in [-0.2, 0) is 9.59 Å². The number of nitrogens with one attached hydrogen (secondary N) is 3. The van der Waals surface area contributed by atoms with E-state index in [0.717, 1.165) is 0 Å². The van der Waals surface area contributed by atoms with Gasteiger partial charge in [-0.1, -0.05) is 0 Å². The summed E-state index contributed by atoms with van der Waals surface area (Å²) in [6, 6.07) is 0. The maximum Gasteiger partial charge on any atom is 0.450 e. The van der Waals surface area contributed by atoms with Crippen molar-refractivity contribution in [3.63, 3.8) is 0 Å².